The normalized spacial score (nSPS) is 21.9. The van der Waals surface area contributed by atoms with Gasteiger partial charge >= 0.3 is 35.4 Å². The minimum Gasteiger partial charge on any atom is -0.462 e. The van der Waals surface area contributed by atoms with Gasteiger partial charge in [0.15, 0.2) is 6.10 Å². The lowest BCUT2D eigenvalue weighted by Crippen LogP contribution is -2.65. The van der Waals surface area contributed by atoms with Gasteiger partial charge in [-0.15, -0.1) is 0 Å². The van der Waals surface area contributed by atoms with Crippen molar-refractivity contribution in [3.8, 4) is 0 Å². The first-order valence-electron chi connectivity index (χ1n) is 24.3. The summed E-state index contributed by atoms with van der Waals surface area (Å²) < 4.78 is 65.4. The summed E-state index contributed by atoms with van der Waals surface area (Å²) in [5.41, 5.74) is 0. The van der Waals surface area contributed by atoms with Crippen molar-refractivity contribution in [1.82, 2.24) is 0 Å². The Morgan fingerprint density at radius 1 is 0.478 bits per heavy atom. The molecule has 0 aromatic heterocycles. The number of phosphoric acid groups is 3. The van der Waals surface area contributed by atoms with Crippen LogP contribution in [0.15, 0.2) is 36.5 Å². The summed E-state index contributed by atoms with van der Waals surface area (Å²) in [6, 6.07) is 0. The van der Waals surface area contributed by atoms with E-state index in [2.05, 4.69) is 47.2 Å². The SMILES string of the molecule is CCCCCCCCC=CCC=CCC=CCCCC(=O)O[C@H](COC(=O)CCCCCCCCCCCCCCC)COP(=O)(O)O[C@H]1C(O)C(O)C(OP(=O)(O)O)[C@@H](OP(=O)(O)O)C1O. The van der Waals surface area contributed by atoms with Crippen LogP contribution in [0.3, 0.4) is 0 Å². The van der Waals surface area contributed by atoms with Crippen LogP contribution in [-0.2, 0) is 50.9 Å². The molecule has 0 radical (unpaired) electrons. The summed E-state index contributed by atoms with van der Waals surface area (Å²) >= 11 is 0. The number of aliphatic hydroxyl groups is 3. The summed E-state index contributed by atoms with van der Waals surface area (Å²) in [7, 11) is -16.6. The highest BCUT2D eigenvalue weighted by atomic mass is 31.2. The molecule has 0 aromatic carbocycles. The third kappa shape index (κ3) is 33.6. The molecule has 1 saturated carbocycles. The van der Waals surface area contributed by atoms with Crippen molar-refractivity contribution in [3.05, 3.63) is 36.5 Å². The Morgan fingerprint density at radius 2 is 0.881 bits per heavy atom. The lowest BCUT2D eigenvalue weighted by atomic mass is 9.85. The van der Waals surface area contributed by atoms with Crippen molar-refractivity contribution < 1.29 is 90.6 Å². The van der Waals surface area contributed by atoms with Gasteiger partial charge in [-0.3, -0.25) is 27.7 Å². The zero-order valence-electron chi connectivity index (χ0n) is 39.7. The van der Waals surface area contributed by atoms with Crippen LogP contribution in [0.25, 0.3) is 0 Å². The fourth-order valence-corrected chi connectivity index (χ4v) is 9.40. The Morgan fingerprint density at radius 3 is 1.37 bits per heavy atom. The van der Waals surface area contributed by atoms with Crippen LogP contribution in [0.1, 0.15) is 181 Å². The molecule has 392 valence electrons. The van der Waals surface area contributed by atoms with Crippen LogP contribution >= 0.6 is 23.5 Å². The lowest BCUT2D eigenvalue weighted by Gasteiger charge is -2.44. The van der Waals surface area contributed by atoms with Crippen molar-refractivity contribution in [2.45, 2.75) is 224 Å². The number of carbonyl (C=O) groups excluding carboxylic acids is 2. The molecule has 19 nitrogen and oxygen atoms in total. The maximum Gasteiger partial charge on any atom is 0.472 e. The average molecular weight is 1020 g/mol. The Labute approximate surface area is 398 Å². The molecule has 0 heterocycles. The molecule has 0 bridgehead atoms. The number of phosphoric ester groups is 3. The van der Waals surface area contributed by atoms with Gasteiger partial charge in [0.05, 0.1) is 6.61 Å². The second-order valence-corrected chi connectivity index (χ2v) is 20.8. The van der Waals surface area contributed by atoms with Crippen LogP contribution in [0.5, 0.6) is 0 Å². The fourth-order valence-electron chi connectivity index (χ4n) is 7.31. The number of aliphatic hydroxyl groups excluding tert-OH is 3. The summed E-state index contributed by atoms with van der Waals surface area (Å²) in [6.45, 7) is 2.90. The Balaban J connectivity index is 2.76. The number of rotatable bonds is 41. The molecule has 1 aliphatic carbocycles. The zero-order valence-corrected chi connectivity index (χ0v) is 42.4. The molecule has 1 aliphatic rings. The molecule has 0 aromatic rings. The summed E-state index contributed by atoms with van der Waals surface area (Å²) in [5.74, 6) is -1.35. The first-order chi connectivity index (χ1) is 31.8. The smallest absolute Gasteiger partial charge is 0.462 e. The van der Waals surface area contributed by atoms with E-state index in [-0.39, 0.29) is 12.8 Å². The van der Waals surface area contributed by atoms with Crippen LogP contribution in [0.4, 0.5) is 0 Å². The Bertz CT molecular complexity index is 1550. The highest BCUT2D eigenvalue weighted by Crippen LogP contribution is 2.51. The predicted octanol–water partition coefficient (Wildman–Crippen LogP) is 8.85. The first kappa shape index (κ1) is 63.4. The molecule has 1 fully saturated rings. The Kier molecular flexibility index (Phi) is 35.2. The highest BCUT2D eigenvalue weighted by Gasteiger charge is 2.56. The summed E-state index contributed by atoms with van der Waals surface area (Å²) in [4.78, 5) is 73.2. The molecular formula is C45H83O19P3. The van der Waals surface area contributed by atoms with Crippen molar-refractivity contribution in [3.63, 3.8) is 0 Å². The van der Waals surface area contributed by atoms with Gasteiger partial charge in [-0.2, -0.15) is 0 Å². The van der Waals surface area contributed by atoms with E-state index in [1.54, 1.807) is 0 Å². The fraction of sp³-hybridized carbons (Fsp3) is 0.822. The molecule has 0 amide bonds. The number of allylic oxidation sites excluding steroid dienone is 6. The van der Waals surface area contributed by atoms with Crippen LogP contribution in [0, 0.1) is 0 Å². The first-order valence-corrected chi connectivity index (χ1v) is 28.8. The topological polar surface area (TPSA) is 303 Å². The zero-order chi connectivity index (χ0) is 50.0. The summed E-state index contributed by atoms with van der Waals surface area (Å²) in [5, 5.41) is 31.9. The van der Waals surface area contributed by atoms with Crippen molar-refractivity contribution in [2.75, 3.05) is 13.2 Å². The molecule has 0 saturated heterocycles. The van der Waals surface area contributed by atoms with Crippen molar-refractivity contribution in [1.29, 1.82) is 0 Å². The van der Waals surface area contributed by atoms with Gasteiger partial charge in [0.2, 0.25) is 0 Å². The van der Waals surface area contributed by atoms with E-state index in [1.807, 2.05) is 12.2 Å². The van der Waals surface area contributed by atoms with E-state index in [1.165, 1.54) is 89.9 Å². The van der Waals surface area contributed by atoms with Crippen molar-refractivity contribution >= 4 is 35.4 Å². The number of esters is 2. The number of hydrogen-bond donors (Lipinski definition) is 8. The van der Waals surface area contributed by atoms with Crippen LogP contribution < -0.4 is 0 Å². The minimum absolute atomic E-state index is 0.0720. The third-order valence-electron chi connectivity index (χ3n) is 10.9. The number of ether oxygens (including phenoxy) is 2. The molecule has 0 spiro atoms. The van der Waals surface area contributed by atoms with E-state index in [0.29, 0.717) is 19.3 Å². The molecule has 8 atom stereocenters. The second-order valence-electron chi connectivity index (χ2n) is 17.0. The molecule has 0 aliphatic heterocycles. The largest absolute Gasteiger partial charge is 0.472 e. The standard InChI is InChI=1S/C45H83O19P3/c1-3-5-7-9-11-13-15-17-18-19-20-22-24-26-28-30-32-34-39(47)61-37(35-59-38(46)33-31-29-27-25-23-21-16-14-12-10-8-6-4-2)36-60-67(57,58)64-43-40(48)41(49)44(62-65(51,52)53)45(42(43)50)63-66(54,55)56/h17-18,20,22,26,28,37,40-45,48-50H,3-16,19,21,23-25,27,29-36H2,1-2H3,(H,57,58)(H2,51,52,53)(H2,54,55,56)/t37-,40?,41?,42?,43+,44?,45+/m1/s1. The van der Waals surface area contributed by atoms with Gasteiger partial charge in [-0.1, -0.05) is 159 Å². The monoisotopic (exact) mass is 1020 g/mol. The quantitative estimate of drug-likeness (QED) is 0.0123. The molecule has 67 heavy (non-hydrogen) atoms. The molecule has 22 heteroatoms. The molecule has 5 unspecified atom stereocenters. The maximum absolute atomic E-state index is 13.1. The van der Waals surface area contributed by atoms with Gasteiger partial charge in [-0.25, -0.2) is 13.7 Å². The van der Waals surface area contributed by atoms with E-state index in [0.717, 1.165) is 44.9 Å². The van der Waals surface area contributed by atoms with E-state index in [9.17, 15) is 63.1 Å². The molecule has 8 N–H and O–H groups in total. The maximum atomic E-state index is 13.1. The lowest BCUT2D eigenvalue weighted by molar-refractivity contribution is -0.213. The number of hydrogen-bond acceptors (Lipinski definition) is 14. The predicted molar refractivity (Wildman–Crippen MR) is 252 cm³/mol. The van der Waals surface area contributed by atoms with Gasteiger partial charge < -0.3 is 49.3 Å². The van der Waals surface area contributed by atoms with Crippen molar-refractivity contribution in [2.24, 2.45) is 0 Å². The van der Waals surface area contributed by atoms with Crippen LogP contribution in [-0.4, -0.2) is 108 Å². The molecule has 1 rings (SSSR count). The van der Waals surface area contributed by atoms with E-state index < -0.39 is 91.3 Å². The van der Waals surface area contributed by atoms with Gasteiger partial charge in [0.1, 0.15) is 43.2 Å². The number of carbonyl (C=O) groups is 2. The second kappa shape index (κ2) is 37.2. The molecular weight excluding hydrogens is 937 g/mol. The average Bonchev–Trinajstić information content (AvgIpc) is 3.25. The van der Waals surface area contributed by atoms with Gasteiger partial charge in [0.25, 0.3) is 0 Å². The van der Waals surface area contributed by atoms with Gasteiger partial charge in [0, 0.05) is 12.8 Å². The number of unbranched alkanes of at least 4 members (excludes halogenated alkanes) is 19. The summed E-state index contributed by atoms with van der Waals surface area (Å²) in [6.07, 6.45) is 21.7. The Hall–Kier alpha value is -1.63. The minimum atomic E-state index is -5.60. The van der Waals surface area contributed by atoms with E-state index in [4.69, 9.17) is 18.5 Å². The van der Waals surface area contributed by atoms with Gasteiger partial charge in [-0.05, 0) is 44.9 Å². The third-order valence-corrected chi connectivity index (χ3v) is 13.0. The van der Waals surface area contributed by atoms with Crippen LogP contribution in [0.2, 0.25) is 0 Å². The van der Waals surface area contributed by atoms with E-state index >= 15 is 0 Å². The highest BCUT2D eigenvalue weighted by molar-refractivity contribution is 7.47.